The Hall–Kier alpha value is -3.55. The second-order valence-electron chi connectivity index (χ2n) is 11.4. The molecule has 1 saturated heterocycles. The molecular weight excluding hydrogens is 458 g/mol. The van der Waals surface area contributed by atoms with Crippen molar-refractivity contribution in [3.63, 3.8) is 0 Å². The van der Waals surface area contributed by atoms with E-state index in [0.29, 0.717) is 35.2 Å². The molecule has 0 bridgehead atoms. The fourth-order valence-corrected chi connectivity index (χ4v) is 4.59. The molecule has 0 aliphatic carbocycles. The number of amides is 2. The summed E-state index contributed by atoms with van der Waals surface area (Å²) in [6.45, 7) is 12.6. The number of benzene rings is 1. The second-order valence-corrected chi connectivity index (χ2v) is 11.4. The Balaban J connectivity index is 1.67. The van der Waals surface area contributed by atoms with E-state index in [9.17, 15) is 14.4 Å². The second kappa shape index (κ2) is 9.48. The first-order valence-electron chi connectivity index (χ1n) is 12.4. The van der Waals surface area contributed by atoms with E-state index in [1.165, 1.54) is 6.26 Å². The Morgan fingerprint density at radius 1 is 1.17 bits per heavy atom. The van der Waals surface area contributed by atoms with Crippen molar-refractivity contribution in [1.82, 2.24) is 15.2 Å². The van der Waals surface area contributed by atoms with Gasteiger partial charge in [-0.25, -0.2) is 4.79 Å². The molecule has 36 heavy (non-hydrogen) atoms. The van der Waals surface area contributed by atoms with Crippen molar-refractivity contribution in [2.75, 3.05) is 13.1 Å². The molecule has 0 saturated carbocycles. The van der Waals surface area contributed by atoms with Crippen molar-refractivity contribution in [2.24, 2.45) is 0 Å². The molecule has 0 radical (unpaired) electrons. The minimum Gasteiger partial charge on any atom is -0.463 e. The van der Waals surface area contributed by atoms with Crippen molar-refractivity contribution in [1.29, 1.82) is 0 Å². The van der Waals surface area contributed by atoms with Crippen molar-refractivity contribution < 1.29 is 18.7 Å². The van der Waals surface area contributed by atoms with Crippen LogP contribution in [0.4, 0.5) is 4.79 Å². The van der Waals surface area contributed by atoms with Crippen LogP contribution in [-0.4, -0.2) is 46.6 Å². The summed E-state index contributed by atoms with van der Waals surface area (Å²) in [7, 11) is 0. The van der Waals surface area contributed by atoms with E-state index in [1.807, 2.05) is 32.9 Å². The fraction of sp³-hybridized carbons (Fsp3) is 0.464. The molecule has 192 valence electrons. The zero-order valence-corrected chi connectivity index (χ0v) is 21.9. The van der Waals surface area contributed by atoms with Crippen LogP contribution in [-0.2, 0) is 10.2 Å². The molecule has 8 nitrogen and oxygen atoms in total. The third-order valence-corrected chi connectivity index (χ3v) is 6.27. The average Bonchev–Trinajstić information content (AvgIpc) is 3.20. The summed E-state index contributed by atoms with van der Waals surface area (Å²) >= 11 is 0. The third-order valence-electron chi connectivity index (χ3n) is 6.27. The number of alkyl carbamates (subject to hydrolysis) is 1. The summed E-state index contributed by atoms with van der Waals surface area (Å²) in [5.41, 5.74) is 2.21. The summed E-state index contributed by atoms with van der Waals surface area (Å²) < 4.78 is 11.3. The number of likely N-dealkylation sites (tertiary alicyclic amines) is 1. The molecule has 2 aromatic heterocycles. The lowest BCUT2D eigenvalue weighted by atomic mass is 9.84. The number of nitrogens with one attached hydrogen (secondary N) is 2. The maximum atomic E-state index is 13.7. The molecule has 1 fully saturated rings. The molecule has 8 heteroatoms. The highest BCUT2D eigenvalue weighted by molar-refractivity contribution is 6.07. The number of piperidine rings is 1. The maximum absolute atomic E-state index is 13.7. The van der Waals surface area contributed by atoms with E-state index in [-0.39, 0.29) is 22.9 Å². The lowest BCUT2D eigenvalue weighted by molar-refractivity contribution is 0.0452. The van der Waals surface area contributed by atoms with Gasteiger partial charge in [0.2, 0.25) is 0 Å². The smallest absolute Gasteiger partial charge is 0.407 e. The van der Waals surface area contributed by atoms with Gasteiger partial charge in [0.1, 0.15) is 17.4 Å². The number of ether oxygens (including phenoxy) is 1. The summed E-state index contributed by atoms with van der Waals surface area (Å²) in [4.78, 5) is 42.9. The first-order valence-corrected chi connectivity index (χ1v) is 12.4. The zero-order chi connectivity index (χ0) is 26.3. The standard InChI is InChI=1S/C28H35N3O5/c1-27(2,3)22-14-17(19-10-7-11-29-24(19)32)13-20-21(16-35-23(20)22)25(33)31-12-8-9-18(15-31)30-26(34)36-28(4,5)6/h7,10-11,13-14,16,18H,8-9,12,15H2,1-6H3,(H,29,32)(H,30,34)/t18-/m1/s1. The van der Waals surface area contributed by atoms with Crippen LogP contribution in [0.15, 0.2) is 45.9 Å². The number of nitrogens with zero attached hydrogens (tertiary/aromatic N) is 1. The predicted octanol–water partition coefficient (Wildman–Crippen LogP) is 5.21. The van der Waals surface area contributed by atoms with E-state index in [0.717, 1.165) is 24.0 Å². The molecule has 1 aromatic carbocycles. The lowest BCUT2D eigenvalue weighted by Gasteiger charge is -2.33. The number of rotatable bonds is 3. The number of furan rings is 1. The molecule has 3 aromatic rings. The number of fused-ring (bicyclic) bond motifs is 1. The first-order chi connectivity index (χ1) is 16.8. The Kier molecular flexibility index (Phi) is 6.73. The minimum absolute atomic E-state index is 0.164. The summed E-state index contributed by atoms with van der Waals surface area (Å²) in [5.74, 6) is -0.164. The number of hydrogen-bond donors (Lipinski definition) is 2. The van der Waals surface area contributed by atoms with Gasteiger partial charge in [0.15, 0.2) is 0 Å². The van der Waals surface area contributed by atoms with Crippen LogP contribution in [0.25, 0.3) is 22.1 Å². The SMILES string of the molecule is CC(C)(C)OC(=O)N[C@@H]1CCCN(C(=O)c2coc3c(C(C)(C)C)cc(-c4ccc[nH]c4=O)cc23)C1. The van der Waals surface area contributed by atoms with E-state index < -0.39 is 11.7 Å². The van der Waals surface area contributed by atoms with Crippen molar-refractivity contribution in [3.8, 4) is 11.1 Å². The maximum Gasteiger partial charge on any atom is 0.407 e. The summed E-state index contributed by atoms with van der Waals surface area (Å²) in [5, 5.41) is 3.57. The molecule has 2 N–H and O–H groups in total. The van der Waals surface area contributed by atoms with Gasteiger partial charge in [-0.15, -0.1) is 0 Å². The van der Waals surface area contributed by atoms with Gasteiger partial charge in [0.05, 0.1) is 5.56 Å². The lowest BCUT2D eigenvalue weighted by Crippen LogP contribution is -2.50. The van der Waals surface area contributed by atoms with Crippen LogP contribution in [0, 0.1) is 0 Å². The Labute approximate surface area is 211 Å². The summed E-state index contributed by atoms with van der Waals surface area (Å²) in [6, 6.07) is 7.17. The average molecular weight is 494 g/mol. The van der Waals surface area contributed by atoms with Gasteiger partial charge < -0.3 is 24.4 Å². The quantitative estimate of drug-likeness (QED) is 0.521. The molecule has 3 heterocycles. The number of carbonyl (C=O) groups is 2. The van der Waals surface area contributed by atoms with Crippen LogP contribution < -0.4 is 10.9 Å². The largest absolute Gasteiger partial charge is 0.463 e. The number of hydrogen-bond acceptors (Lipinski definition) is 5. The first kappa shape index (κ1) is 25.5. The van der Waals surface area contributed by atoms with E-state index in [4.69, 9.17) is 9.15 Å². The monoisotopic (exact) mass is 493 g/mol. The molecule has 4 rings (SSSR count). The molecule has 2 amide bonds. The molecule has 1 aliphatic heterocycles. The van der Waals surface area contributed by atoms with Crippen LogP contribution in [0.5, 0.6) is 0 Å². The van der Waals surface area contributed by atoms with Crippen LogP contribution in [0.2, 0.25) is 0 Å². The Morgan fingerprint density at radius 3 is 2.58 bits per heavy atom. The Morgan fingerprint density at radius 2 is 1.92 bits per heavy atom. The van der Waals surface area contributed by atoms with E-state index in [1.54, 1.807) is 23.2 Å². The minimum atomic E-state index is -0.590. The van der Waals surface area contributed by atoms with Crippen LogP contribution >= 0.6 is 0 Å². The van der Waals surface area contributed by atoms with Crippen LogP contribution in [0.1, 0.15) is 70.3 Å². The van der Waals surface area contributed by atoms with Gasteiger partial charge in [-0.3, -0.25) is 9.59 Å². The van der Waals surface area contributed by atoms with E-state index in [2.05, 4.69) is 31.1 Å². The summed E-state index contributed by atoms with van der Waals surface area (Å²) in [6.07, 6.45) is 4.15. The van der Waals surface area contributed by atoms with Gasteiger partial charge in [0, 0.05) is 41.8 Å². The number of aromatic amines is 1. The topological polar surface area (TPSA) is 105 Å². The van der Waals surface area contributed by atoms with Gasteiger partial charge >= 0.3 is 6.09 Å². The normalized spacial score (nSPS) is 16.7. The van der Waals surface area contributed by atoms with Gasteiger partial charge in [-0.1, -0.05) is 20.8 Å². The van der Waals surface area contributed by atoms with Gasteiger partial charge in [-0.05, 0) is 68.9 Å². The van der Waals surface area contributed by atoms with Crippen molar-refractivity contribution in [3.05, 3.63) is 58.2 Å². The molecule has 1 atom stereocenters. The number of aromatic nitrogens is 1. The Bertz CT molecular complexity index is 1340. The van der Waals surface area contributed by atoms with E-state index >= 15 is 0 Å². The molecule has 1 aliphatic rings. The molecule has 0 unspecified atom stereocenters. The highest BCUT2D eigenvalue weighted by Gasteiger charge is 2.30. The highest BCUT2D eigenvalue weighted by Crippen LogP contribution is 2.37. The van der Waals surface area contributed by atoms with Gasteiger partial charge in [-0.2, -0.15) is 0 Å². The van der Waals surface area contributed by atoms with Crippen LogP contribution in [0.3, 0.4) is 0 Å². The fourth-order valence-electron chi connectivity index (χ4n) is 4.59. The number of pyridine rings is 1. The number of carbonyl (C=O) groups excluding carboxylic acids is 2. The molecule has 0 spiro atoms. The van der Waals surface area contributed by atoms with Crippen molar-refractivity contribution in [2.45, 2.75) is 71.4 Å². The predicted molar refractivity (Wildman–Crippen MR) is 139 cm³/mol. The third kappa shape index (κ3) is 5.48. The van der Waals surface area contributed by atoms with Crippen molar-refractivity contribution >= 4 is 23.0 Å². The molecular formula is C28H35N3O5. The number of H-pyrrole nitrogens is 1. The highest BCUT2D eigenvalue weighted by atomic mass is 16.6. The zero-order valence-electron chi connectivity index (χ0n) is 21.9. The van der Waals surface area contributed by atoms with Gasteiger partial charge in [0.25, 0.3) is 11.5 Å².